The predicted molar refractivity (Wildman–Crippen MR) is 89.8 cm³/mol. The van der Waals surface area contributed by atoms with Crippen molar-refractivity contribution in [3.05, 3.63) is 23.8 Å². The first kappa shape index (κ1) is 17.1. The number of amides is 1. The minimum absolute atomic E-state index is 0.228. The van der Waals surface area contributed by atoms with Crippen molar-refractivity contribution >= 4 is 11.6 Å². The van der Waals surface area contributed by atoms with E-state index in [1.54, 1.807) is 18.2 Å². The first-order valence-electron chi connectivity index (χ1n) is 8.20. The molecule has 2 N–H and O–H groups in total. The number of carbonyl (C=O) groups is 1. The molecule has 0 radical (unpaired) electrons. The molecule has 0 aliphatic carbocycles. The Morgan fingerprint density at radius 2 is 2.30 bits per heavy atom. The zero-order valence-electron chi connectivity index (χ0n) is 13.9. The van der Waals surface area contributed by atoms with Crippen LogP contribution >= 0.6 is 0 Å². The number of anilines is 1. The molecular weight excluding hydrogens is 290 g/mol. The van der Waals surface area contributed by atoms with Gasteiger partial charge in [0.2, 0.25) is 5.91 Å². The molecule has 0 aromatic heterocycles. The van der Waals surface area contributed by atoms with Crippen LogP contribution in [0.4, 0.5) is 5.69 Å². The van der Waals surface area contributed by atoms with Crippen LogP contribution in [0.15, 0.2) is 18.2 Å². The Hall–Kier alpha value is -2.22. The van der Waals surface area contributed by atoms with E-state index in [0.29, 0.717) is 41.9 Å². The van der Waals surface area contributed by atoms with Crippen molar-refractivity contribution in [2.75, 3.05) is 25.4 Å². The monoisotopic (exact) mass is 315 g/mol. The summed E-state index contributed by atoms with van der Waals surface area (Å²) in [5.41, 5.74) is 6.61. The number of nitriles is 1. The van der Waals surface area contributed by atoms with Gasteiger partial charge >= 0.3 is 0 Å². The van der Waals surface area contributed by atoms with E-state index < -0.39 is 0 Å². The average Bonchev–Trinajstić information content (AvgIpc) is 2.52. The minimum Gasteiger partial charge on any atom is -0.492 e. The maximum Gasteiger partial charge on any atom is 0.222 e. The van der Waals surface area contributed by atoms with E-state index in [1.807, 2.05) is 4.90 Å². The molecule has 1 aliphatic rings. The lowest BCUT2D eigenvalue weighted by atomic mass is 9.98. The Morgan fingerprint density at radius 3 is 3.00 bits per heavy atom. The number of carbonyl (C=O) groups excluding carboxylic acids is 1. The standard InChI is InChI=1S/C18H25N3O2/c1-13(2)9-18(22)21-8-4-5-14(11-21)12-23-17-7-3-6-16(20)15(17)10-19/h3,6-7,13-14H,4-5,8-9,11-12,20H2,1-2H3/t14-/m0/s1. The molecule has 23 heavy (non-hydrogen) atoms. The number of rotatable bonds is 5. The van der Waals surface area contributed by atoms with E-state index in [1.165, 1.54) is 0 Å². The van der Waals surface area contributed by atoms with E-state index in [4.69, 9.17) is 10.5 Å². The highest BCUT2D eigenvalue weighted by atomic mass is 16.5. The van der Waals surface area contributed by atoms with E-state index in [0.717, 1.165) is 25.9 Å². The topological polar surface area (TPSA) is 79.3 Å². The van der Waals surface area contributed by atoms with Gasteiger partial charge in [-0.3, -0.25) is 4.79 Å². The number of ether oxygens (including phenoxy) is 1. The molecule has 0 saturated carbocycles. The van der Waals surface area contributed by atoms with Crippen LogP contribution < -0.4 is 10.5 Å². The summed E-state index contributed by atoms with van der Waals surface area (Å²) in [6.45, 7) is 6.19. The summed E-state index contributed by atoms with van der Waals surface area (Å²) < 4.78 is 5.82. The van der Waals surface area contributed by atoms with E-state index in [-0.39, 0.29) is 5.91 Å². The Kier molecular flexibility index (Phi) is 5.86. The van der Waals surface area contributed by atoms with E-state index in [2.05, 4.69) is 19.9 Å². The molecule has 1 heterocycles. The van der Waals surface area contributed by atoms with Crippen LogP contribution in [0.25, 0.3) is 0 Å². The van der Waals surface area contributed by atoms with Crippen LogP contribution in [0.1, 0.15) is 38.7 Å². The smallest absolute Gasteiger partial charge is 0.222 e. The first-order chi connectivity index (χ1) is 11.0. The molecular formula is C18H25N3O2. The van der Waals surface area contributed by atoms with Gasteiger partial charge in [0.05, 0.1) is 12.3 Å². The maximum absolute atomic E-state index is 12.2. The fraction of sp³-hybridized carbons (Fsp3) is 0.556. The molecule has 124 valence electrons. The number of hydrogen-bond donors (Lipinski definition) is 1. The van der Waals surface area contributed by atoms with Crippen LogP contribution in [0.5, 0.6) is 5.75 Å². The maximum atomic E-state index is 12.2. The van der Waals surface area contributed by atoms with Gasteiger partial charge in [0.15, 0.2) is 0 Å². The zero-order valence-corrected chi connectivity index (χ0v) is 13.9. The summed E-state index contributed by atoms with van der Waals surface area (Å²) in [5.74, 6) is 1.43. The minimum atomic E-state index is 0.228. The van der Waals surface area contributed by atoms with E-state index >= 15 is 0 Å². The van der Waals surface area contributed by atoms with Crippen LogP contribution in [0.3, 0.4) is 0 Å². The molecule has 2 rings (SSSR count). The molecule has 1 fully saturated rings. The summed E-state index contributed by atoms with van der Waals surface area (Å²) in [7, 11) is 0. The van der Waals surface area contributed by atoms with Gasteiger partial charge in [-0.1, -0.05) is 19.9 Å². The van der Waals surface area contributed by atoms with Crippen molar-refractivity contribution in [3.63, 3.8) is 0 Å². The lowest BCUT2D eigenvalue weighted by Gasteiger charge is -2.33. The van der Waals surface area contributed by atoms with Gasteiger partial charge < -0.3 is 15.4 Å². The fourth-order valence-electron chi connectivity index (χ4n) is 2.90. The van der Waals surface area contributed by atoms with Crippen molar-refractivity contribution in [1.29, 1.82) is 5.26 Å². The van der Waals surface area contributed by atoms with Gasteiger partial charge in [-0.25, -0.2) is 0 Å². The van der Waals surface area contributed by atoms with Crippen molar-refractivity contribution in [3.8, 4) is 11.8 Å². The summed E-state index contributed by atoms with van der Waals surface area (Å²) in [6, 6.07) is 7.32. The fourth-order valence-corrected chi connectivity index (χ4v) is 2.90. The highest BCUT2D eigenvalue weighted by Gasteiger charge is 2.24. The SMILES string of the molecule is CC(C)CC(=O)N1CCC[C@H](COc2cccc(N)c2C#N)C1. The molecule has 0 bridgehead atoms. The number of hydrogen-bond acceptors (Lipinski definition) is 4. The largest absolute Gasteiger partial charge is 0.492 e. The van der Waals surface area contributed by atoms with Crippen molar-refractivity contribution in [2.45, 2.75) is 33.1 Å². The molecule has 1 aromatic carbocycles. The van der Waals surface area contributed by atoms with Crippen LogP contribution in [0.2, 0.25) is 0 Å². The first-order valence-corrected chi connectivity index (χ1v) is 8.20. The third kappa shape index (κ3) is 4.62. The third-order valence-corrected chi connectivity index (χ3v) is 4.10. The Morgan fingerprint density at radius 1 is 1.52 bits per heavy atom. The molecule has 1 saturated heterocycles. The quantitative estimate of drug-likeness (QED) is 0.847. The highest BCUT2D eigenvalue weighted by molar-refractivity contribution is 5.76. The van der Waals surface area contributed by atoms with Gasteiger partial charge in [-0.2, -0.15) is 5.26 Å². The van der Waals surface area contributed by atoms with Gasteiger partial charge in [-0.05, 0) is 30.9 Å². The lowest BCUT2D eigenvalue weighted by Crippen LogP contribution is -2.42. The molecule has 1 amide bonds. The van der Waals surface area contributed by atoms with Crippen LogP contribution in [-0.2, 0) is 4.79 Å². The molecule has 1 aliphatic heterocycles. The van der Waals surface area contributed by atoms with Gasteiger partial charge in [0.1, 0.15) is 17.4 Å². The molecule has 1 aromatic rings. The third-order valence-electron chi connectivity index (χ3n) is 4.10. The Labute approximate surface area is 138 Å². The molecule has 5 heteroatoms. The van der Waals surface area contributed by atoms with Gasteiger partial charge in [0.25, 0.3) is 0 Å². The number of likely N-dealkylation sites (tertiary alicyclic amines) is 1. The second-order valence-electron chi connectivity index (χ2n) is 6.59. The summed E-state index contributed by atoms with van der Waals surface area (Å²) in [6.07, 6.45) is 2.64. The number of nitrogen functional groups attached to an aromatic ring is 1. The van der Waals surface area contributed by atoms with Crippen molar-refractivity contribution in [2.24, 2.45) is 11.8 Å². The number of nitrogens with two attached hydrogens (primary N) is 1. The average molecular weight is 315 g/mol. The molecule has 5 nitrogen and oxygen atoms in total. The summed E-state index contributed by atoms with van der Waals surface area (Å²) >= 11 is 0. The van der Waals surface area contributed by atoms with Crippen molar-refractivity contribution in [1.82, 2.24) is 4.90 Å². The summed E-state index contributed by atoms with van der Waals surface area (Å²) in [5, 5.41) is 9.17. The van der Waals surface area contributed by atoms with Crippen LogP contribution in [-0.4, -0.2) is 30.5 Å². The molecule has 1 atom stereocenters. The normalized spacial score (nSPS) is 17.8. The van der Waals surface area contributed by atoms with Gasteiger partial charge in [0, 0.05) is 25.4 Å². The highest BCUT2D eigenvalue weighted by Crippen LogP contribution is 2.25. The second kappa shape index (κ2) is 7.87. The predicted octanol–water partition coefficient (Wildman–Crippen LogP) is 2.80. The number of benzene rings is 1. The zero-order chi connectivity index (χ0) is 16.8. The van der Waals surface area contributed by atoms with Crippen LogP contribution in [0, 0.1) is 23.2 Å². The van der Waals surface area contributed by atoms with Crippen molar-refractivity contribution < 1.29 is 9.53 Å². The molecule has 0 unspecified atom stereocenters. The Bertz CT molecular complexity index is 592. The second-order valence-corrected chi connectivity index (χ2v) is 6.59. The number of nitrogens with zero attached hydrogens (tertiary/aromatic N) is 2. The van der Waals surface area contributed by atoms with Gasteiger partial charge in [-0.15, -0.1) is 0 Å². The lowest BCUT2D eigenvalue weighted by molar-refractivity contribution is -0.134. The molecule has 0 spiro atoms. The van der Waals surface area contributed by atoms with E-state index in [9.17, 15) is 10.1 Å². The summed E-state index contributed by atoms with van der Waals surface area (Å²) in [4.78, 5) is 14.1. The Balaban J connectivity index is 1.93. The number of piperidine rings is 1.